The van der Waals surface area contributed by atoms with Crippen LogP contribution in [-0.2, 0) is 9.53 Å². The number of nitrogens with zero attached hydrogens (tertiary/aromatic N) is 1. The molecule has 1 aromatic rings. The Morgan fingerprint density at radius 3 is 2.37 bits per heavy atom. The number of ether oxygens (including phenoxy) is 1. The van der Waals surface area contributed by atoms with Crippen LogP contribution in [0, 0.1) is 0 Å². The molecule has 19 heavy (non-hydrogen) atoms. The summed E-state index contributed by atoms with van der Waals surface area (Å²) in [4.78, 5) is 14.5. The van der Waals surface area contributed by atoms with Crippen LogP contribution in [0.4, 0.5) is 0 Å². The average molecular weight is 262 g/mol. The first-order chi connectivity index (χ1) is 9.11. The van der Waals surface area contributed by atoms with Crippen molar-refractivity contribution in [1.29, 1.82) is 0 Å². The quantitative estimate of drug-likeness (QED) is 0.899. The monoisotopic (exact) mass is 262 g/mol. The van der Waals surface area contributed by atoms with Gasteiger partial charge in [-0.2, -0.15) is 0 Å². The summed E-state index contributed by atoms with van der Waals surface area (Å²) in [6.07, 6.45) is -0.501. The van der Waals surface area contributed by atoms with Crippen molar-refractivity contribution in [2.45, 2.75) is 32.0 Å². The molecular formula is C15H22N2O2. The van der Waals surface area contributed by atoms with E-state index in [9.17, 15) is 4.79 Å². The summed E-state index contributed by atoms with van der Waals surface area (Å²) in [5.41, 5.74) is 0.911. The highest BCUT2D eigenvalue weighted by molar-refractivity contribution is 5.82. The lowest BCUT2D eigenvalue weighted by Gasteiger charge is -2.37. The van der Waals surface area contributed by atoms with Gasteiger partial charge >= 0.3 is 0 Å². The number of carbonyl (C=O) groups is 1. The van der Waals surface area contributed by atoms with Crippen molar-refractivity contribution >= 4 is 5.91 Å². The van der Waals surface area contributed by atoms with Gasteiger partial charge in [-0.3, -0.25) is 4.79 Å². The average Bonchev–Trinajstić information content (AvgIpc) is 2.39. The molecule has 1 aromatic carbocycles. The normalized spacial score (nSPS) is 25.1. The molecule has 0 spiro atoms. The lowest BCUT2D eigenvalue weighted by atomic mass is 10.1. The lowest BCUT2D eigenvalue weighted by Crippen LogP contribution is -2.56. The van der Waals surface area contributed by atoms with E-state index >= 15 is 0 Å². The fraction of sp³-hybridized carbons (Fsp3) is 0.533. The van der Waals surface area contributed by atoms with Crippen molar-refractivity contribution in [3.8, 4) is 0 Å². The van der Waals surface area contributed by atoms with E-state index in [0.717, 1.165) is 18.7 Å². The first-order valence-electron chi connectivity index (χ1n) is 6.74. The van der Waals surface area contributed by atoms with Crippen LogP contribution in [0.3, 0.4) is 0 Å². The molecule has 1 saturated heterocycles. The summed E-state index contributed by atoms with van der Waals surface area (Å²) in [6, 6.07) is 10.3. The minimum absolute atomic E-state index is 0.0499. The maximum absolute atomic E-state index is 12.6. The Balaban J connectivity index is 2.13. The second kappa shape index (κ2) is 6.17. The summed E-state index contributed by atoms with van der Waals surface area (Å²) >= 11 is 0. The highest BCUT2D eigenvalue weighted by Gasteiger charge is 2.30. The van der Waals surface area contributed by atoms with Crippen molar-refractivity contribution < 1.29 is 9.53 Å². The Kier molecular flexibility index (Phi) is 4.56. The highest BCUT2D eigenvalue weighted by atomic mass is 16.5. The largest absolute Gasteiger partial charge is 0.367 e. The van der Waals surface area contributed by atoms with Gasteiger partial charge in [0.25, 0.3) is 5.91 Å². The molecule has 1 aliphatic rings. The fourth-order valence-electron chi connectivity index (χ4n) is 2.68. The van der Waals surface area contributed by atoms with Crippen LogP contribution in [-0.4, -0.2) is 43.1 Å². The maximum Gasteiger partial charge on any atom is 0.256 e. The predicted molar refractivity (Wildman–Crippen MR) is 74.8 cm³/mol. The van der Waals surface area contributed by atoms with Crippen LogP contribution >= 0.6 is 0 Å². The van der Waals surface area contributed by atoms with Gasteiger partial charge in [-0.05, 0) is 19.4 Å². The number of hydrogen-bond donors (Lipinski definition) is 1. The third kappa shape index (κ3) is 3.33. The van der Waals surface area contributed by atoms with Crippen LogP contribution in [0.1, 0.15) is 25.5 Å². The van der Waals surface area contributed by atoms with Crippen LogP contribution in [0.5, 0.6) is 0 Å². The van der Waals surface area contributed by atoms with Crippen LogP contribution in [0.25, 0.3) is 0 Å². The molecule has 0 aromatic heterocycles. The third-order valence-electron chi connectivity index (χ3n) is 3.43. The number of amides is 1. The summed E-state index contributed by atoms with van der Waals surface area (Å²) in [7, 11) is 1.59. The summed E-state index contributed by atoms with van der Waals surface area (Å²) < 4.78 is 5.41. The number of piperazine rings is 1. The molecule has 3 atom stereocenters. The summed E-state index contributed by atoms with van der Waals surface area (Å²) in [5, 5.41) is 3.43. The van der Waals surface area contributed by atoms with Crippen LogP contribution in [0.2, 0.25) is 0 Å². The first kappa shape index (κ1) is 14.0. The zero-order valence-electron chi connectivity index (χ0n) is 11.8. The summed E-state index contributed by atoms with van der Waals surface area (Å²) in [6.45, 7) is 5.66. The number of methoxy groups -OCH3 is 1. The topological polar surface area (TPSA) is 41.6 Å². The van der Waals surface area contributed by atoms with Crippen molar-refractivity contribution in [2.75, 3.05) is 20.2 Å². The van der Waals surface area contributed by atoms with Gasteiger partial charge < -0.3 is 15.0 Å². The van der Waals surface area contributed by atoms with E-state index in [-0.39, 0.29) is 5.91 Å². The van der Waals surface area contributed by atoms with Gasteiger partial charge in [-0.1, -0.05) is 30.3 Å². The first-order valence-corrected chi connectivity index (χ1v) is 6.74. The number of carbonyl (C=O) groups excluding carboxylic acids is 1. The Bertz CT molecular complexity index is 411. The maximum atomic E-state index is 12.6. The smallest absolute Gasteiger partial charge is 0.256 e. The second-order valence-electron chi connectivity index (χ2n) is 5.24. The van der Waals surface area contributed by atoms with Gasteiger partial charge in [0.2, 0.25) is 0 Å². The van der Waals surface area contributed by atoms with E-state index in [1.165, 1.54) is 0 Å². The molecule has 4 heteroatoms. The molecule has 2 rings (SSSR count). The number of rotatable bonds is 3. The summed E-state index contributed by atoms with van der Waals surface area (Å²) in [5.74, 6) is 0.0499. The standard InChI is InChI=1S/C15H22N2O2/c1-11-9-17(10-12(2)16-11)15(18)14(19-3)13-7-5-4-6-8-13/h4-8,11-12,14,16H,9-10H2,1-3H3/t11-,12-,14-/m0/s1. The van der Waals surface area contributed by atoms with Crippen LogP contribution in [0.15, 0.2) is 30.3 Å². The van der Waals surface area contributed by atoms with Crippen molar-refractivity contribution in [3.63, 3.8) is 0 Å². The predicted octanol–water partition coefficient (Wildman–Crippen LogP) is 1.58. The van der Waals surface area contributed by atoms with Crippen molar-refractivity contribution in [3.05, 3.63) is 35.9 Å². The van der Waals surface area contributed by atoms with Gasteiger partial charge in [0.15, 0.2) is 6.10 Å². The molecule has 1 aliphatic heterocycles. The van der Waals surface area contributed by atoms with Gasteiger partial charge in [0, 0.05) is 32.3 Å². The van der Waals surface area contributed by atoms with Gasteiger partial charge in [0.05, 0.1) is 0 Å². The van der Waals surface area contributed by atoms with Gasteiger partial charge in [0.1, 0.15) is 0 Å². The van der Waals surface area contributed by atoms with E-state index in [4.69, 9.17) is 4.74 Å². The molecule has 0 radical (unpaired) electrons. The SMILES string of the molecule is CO[C@H](C(=O)N1C[C@H](C)N[C@@H](C)C1)c1ccccc1. The molecule has 1 N–H and O–H groups in total. The molecule has 104 valence electrons. The van der Waals surface area contributed by atoms with Gasteiger partial charge in [-0.15, -0.1) is 0 Å². The van der Waals surface area contributed by atoms with E-state index in [0.29, 0.717) is 12.1 Å². The van der Waals surface area contributed by atoms with Gasteiger partial charge in [-0.25, -0.2) is 0 Å². The van der Waals surface area contributed by atoms with E-state index in [2.05, 4.69) is 19.2 Å². The van der Waals surface area contributed by atoms with Crippen LogP contribution < -0.4 is 5.32 Å². The fourth-order valence-corrected chi connectivity index (χ4v) is 2.68. The Labute approximate surface area is 114 Å². The number of benzene rings is 1. The minimum Gasteiger partial charge on any atom is -0.367 e. The van der Waals surface area contributed by atoms with E-state index in [1.54, 1.807) is 7.11 Å². The number of hydrogen-bond acceptors (Lipinski definition) is 3. The third-order valence-corrected chi connectivity index (χ3v) is 3.43. The molecule has 1 heterocycles. The molecule has 1 fully saturated rings. The lowest BCUT2D eigenvalue weighted by molar-refractivity contribution is -0.144. The molecule has 0 bridgehead atoms. The van der Waals surface area contributed by atoms with E-state index < -0.39 is 6.10 Å². The zero-order chi connectivity index (χ0) is 13.8. The Morgan fingerprint density at radius 1 is 1.26 bits per heavy atom. The molecule has 1 amide bonds. The zero-order valence-corrected chi connectivity index (χ0v) is 11.8. The van der Waals surface area contributed by atoms with Crippen molar-refractivity contribution in [1.82, 2.24) is 10.2 Å². The second-order valence-corrected chi connectivity index (χ2v) is 5.24. The molecule has 4 nitrogen and oxygen atoms in total. The Hall–Kier alpha value is -1.39. The van der Waals surface area contributed by atoms with E-state index in [1.807, 2.05) is 35.2 Å². The number of nitrogens with one attached hydrogen (secondary N) is 1. The molecule has 0 aliphatic carbocycles. The highest BCUT2D eigenvalue weighted by Crippen LogP contribution is 2.20. The molecule has 0 saturated carbocycles. The minimum atomic E-state index is -0.501. The Morgan fingerprint density at radius 2 is 1.84 bits per heavy atom. The molecule has 0 unspecified atom stereocenters. The van der Waals surface area contributed by atoms with Crippen molar-refractivity contribution in [2.24, 2.45) is 0 Å². The molecular weight excluding hydrogens is 240 g/mol.